The van der Waals surface area contributed by atoms with Crippen LogP contribution in [-0.2, 0) is 9.84 Å². The normalized spacial score (nSPS) is 13.9. The summed E-state index contributed by atoms with van der Waals surface area (Å²) in [6, 6.07) is 7.39. The predicted molar refractivity (Wildman–Crippen MR) is 111 cm³/mol. The lowest BCUT2D eigenvalue weighted by atomic mass is 10.1. The van der Waals surface area contributed by atoms with Gasteiger partial charge in [0.25, 0.3) is 5.91 Å². The number of rotatable bonds is 7. The van der Waals surface area contributed by atoms with Crippen molar-refractivity contribution in [1.29, 1.82) is 0 Å². The van der Waals surface area contributed by atoms with Gasteiger partial charge in [-0.25, -0.2) is 17.2 Å². The summed E-state index contributed by atoms with van der Waals surface area (Å²) in [6.45, 7) is 3.31. The number of hydrogen-bond acceptors (Lipinski definition) is 4. The van der Waals surface area contributed by atoms with Gasteiger partial charge in [-0.05, 0) is 43.7 Å². The number of nitrogens with one attached hydrogen (secondary N) is 2. The number of amides is 1. The third-order valence-electron chi connectivity index (χ3n) is 4.02. The van der Waals surface area contributed by atoms with Crippen molar-refractivity contribution in [2.45, 2.75) is 25.9 Å². The maximum Gasteiger partial charge on any atom is 0.254 e. The molecule has 0 spiro atoms. The quantitative estimate of drug-likeness (QED) is 0.663. The molecule has 0 saturated heterocycles. The topological polar surface area (TPSA) is 75.3 Å². The van der Waals surface area contributed by atoms with Gasteiger partial charge in [-0.1, -0.05) is 29.8 Å². The highest BCUT2D eigenvalue weighted by Gasteiger charge is 2.16. The van der Waals surface area contributed by atoms with E-state index < -0.39 is 39.5 Å². The standard InChI is InChI=1S/C20H21ClF2N2O3S/c1-12(9-10-29(3,27)28)24-20(26)16-8-7-14(11-18(16)23)25-13(2)15-5-4-6-17(22)19(15)21/h4-13,25H,1-3H3,(H,24,26)/b10-9+/t12-,13-/m1/s1. The van der Waals surface area contributed by atoms with Gasteiger partial charge in [0.1, 0.15) is 11.6 Å². The minimum absolute atomic E-state index is 0.0138. The first-order valence-corrected chi connectivity index (χ1v) is 11.0. The number of anilines is 1. The van der Waals surface area contributed by atoms with Crippen molar-refractivity contribution < 1.29 is 22.0 Å². The summed E-state index contributed by atoms with van der Waals surface area (Å²) in [5.41, 5.74) is 0.712. The molecule has 0 radical (unpaired) electrons. The fourth-order valence-electron chi connectivity index (χ4n) is 2.56. The Morgan fingerprint density at radius 1 is 1.14 bits per heavy atom. The maximum absolute atomic E-state index is 14.4. The second-order valence-electron chi connectivity index (χ2n) is 6.62. The molecular formula is C20H21ClF2N2O3S. The van der Waals surface area contributed by atoms with Crippen LogP contribution in [0.25, 0.3) is 0 Å². The van der Waals surface area contributed by atoms with E-state index in [1.165, 1.54) is 30.3 Å². The van der Waals surface area contributed by atoms with Gasteiger partial charge >= 0.3 is 0 Å². The molecule has 2 atom stereocenters. The van der Waals surface area contributed by atoms with E-state index in [1.807, 2.05) is 0 Å². The number of sulfone groups is 1. The van der Waals surface area contributed by atoms with Crippen LogP contribution >= 0.6 is 11.6 Å². The highest BCUT2D eigenvalue weighted by atomic mass is 35.5. The Bertz CT molecular complexity index is 1040. The molecule has 0 aliphatic rings. The van der Waals surface area contributed by atoms with Gasteiger partial charge in [0.15, 0.2) is 9.84 Å². The lowest BCUT2D eigenvalue weighted by Gasteiger charge is -2.18. The Hall–Kier alpha value is -2.45. The summed E-state index contributed by atoms with van der Waals surface area (Å²) >= 11 is 5.97. The molecular weight excluding hydrogens is 422 g/mol. The zero-order chi connectivity index (χ0) is 21.8. The van der Waals surface area contributed by atoms with Crippen LogP contribution < -0.4 is 10.6 Å². The van der Waals surface area contributed by atoms with Crippen molar-refractivity contribution in [2.24, 2.45) is 0 Å². The van der Waals surface area contributed by atoms with Crippen LogP contribution in [0.5, 0.6) is 0 Å². The summed E-state index contributed by atoms with van der Waals surface area (Å²) in [5, 5.41) is 6.47. The van der Waals surface area contributed by atoms with Crippen molar-refractivity contribution in [3.63, 3.8) is 0 Å². The first-order chi connectivity index (χ1) is 13.5. The van der Waals surface area contributed by atoms with E-state index in [9.17, 15) is 22.0 Å². The molecule has 0 bridgehead atoms. The minimum atomic E-state index is -3.32. The van der Waals surface area contributed by atoms with Crippen LogP contribution in [0.1, 0.15) is 35.8 Å². The van der Waals surface area contributed by atoms with Gasteiger partial charge in [0.2, 0.25) is 0 Å². The summed E-state index contributed by atoms with van der Waals surface area (Å²) in [6.07, 6.45) is 2.33. The molecule has 5 nitrogen and oxygen atoms in total. The molecule has 0 saturated carbocycles. The third-order valence-corrected chi connectivity index (χ3v) is 5.07. The van der Waals surface area contributed by atoms with Gasteiger partial charge in [-0.2, -0.15) is 0 Å². The van der Waals surface area contributed by atoms with E-state index in [0.29, 0.717) is 11.3 Å². The van der Waals surface area contributed by atoms with Gasteiger partial charge in [0.05, 0.1) is 16.6 Å². The van der Waals surface area contributed by atoms with Crippen LogP contribution in [0.4, 0.5) is 14.5 Å². The molecule has 0 heterocycles. The molecule has 2 rings (SSSR count). The molecule has 0 aliphatic heterocycles. The van der Waals surface area contributed by atoms with Gasteiger partial charge in [-0.15, -0.1) is 0 Å². The van der Waals surface area contributed by atoms with Crippen LogP contribution in [0.15, 0.2) is 47.9 Å². The molecule has 1 amide bonds. The lowest BCUT2D eigenvalue weighted by molar-refractivity contribution is 0.0943. The van der Waals surface area contributed by atoms with Crippen LogP contribution in [-0.4, -0.2) is 26.6 Å². The SMILES string of the molecule is C[C@H](/C=C/S(C)(=O)=O)NC(=O)c1ccc(N[C@H](C)c2cccc(F)c2Cl)cc1F. The number of halogens is 3. The monoisotopic (exact) mass is 442 g/mol. The molecule has 0 fully saturated rings. The molecule has 0 aromatic heterocycles. The van der Waals surface area contributed by atoms with Crippen molar-refractivity contribution in [3.8, 4) is 0 Å². The smallest absolute Gasteiger partial charge is 0.254 e. The second-order valence-corrected chi connectivity index (χ2v) is 8.93. The minimum Gasteiger partial charge on any atom is -0.378 e. The molecule has 0 aliphatic carbocycles. The Kier molecular flexibility index (Phi) is 7.37. The Morgan fingerprint density at radius 2 is 1.83 bits per heavy atom. The van der Waals surface area contributed by atoms with E-state index in [4.69, 9.17) is 11.6 Å². The third kappa shape index (κ3) is 6.54. The van der Waals surface area contributed by atoms with E-state index in [1.54, 1.807) is 19.9 Å². The number of carbonyl (C=O) groups is 1. The Morgan fingerprint density at radius 3 is 2.45 bits per heavy atom. The maximum atomic E-state index is 14.4. The van der Waals surface area contributed by atoms with E-state index in [0.717, 1.165) is 17.7 Å². The van der Waals surface area contributed by atoms with Crippen molar-refractivity contribution in [2.75, 3.05) is 11.6 Å². The van der Waals surface area contributed by atoms with Gasteiger partial charge in [-0.3, -0.25) is 4.79 Å². The molecule has 2 aromatic rings. The van der Waals surface area contributed by atoms with Gasteiger partial charge < -0.3 is 10.6 Å². The summed E-state index contributed by atoms with van der Waals surface area (Å²) in [7, 11) is -3.32. The van der Waals surface area contributed by atoms with Crippen molar-refractivity contribution >= 4 is 33.0 Å². The molecule has 2 N–H and O–H groups in total. The highest BCUT2D eigenvalue weighted by molar-refractivity contribution is 7.93. The average Bonchev–Trinajstić information content (AvgIpc) is 2.61. The van der Waals surface area contributed by atoms with Gasteiger partial charge in [0, 0.05) is 23.4 Å². The van der Waals surface area contributed by atoms with Crippen LogP contribution in [0, 0.1) is 11.6 Å². The largest absolute Gasteiger partial charge is 0.378 e. The van der Waals surface area contributed by atoms with E-state index in [2.05, 4.69) is 10.6 Å². The average molecular weight is 443 g/mol. The fourth-order valence-corrected chi connectivity index (χ4v) is 3.38. The zero-order valence-corrected chi connectivity index (χ0v) is 17.6. The van der Waals surface area contributed by atoms with E-state index in [-0.39, 0.29) is 10.6 Å². The van der Waals surface area contributed by atoms with Crippen molar-refractivity contribution in [3.05, 3.63) is 75.7 Å². The second kappa shape index (κ2) is 9.37. The molecule has 2 aromatic carbocycles. The summed E-state index contributed by atoms with van der Waals surface area (Å²) in [5.74, 6) is -1.99. The van der Waals surface area contributed by atoms with Crippen LogP contribution in [0.2, 0.25) is 5.02 Å². The lowest BCUT2D eigenvalue weighted by Crippen LogP contribution is -2.31. The number of hydrogen-bond donors (Lipinski definition) is 2. The number of benzene rings is 2. The molecule has 0 unspecified atom stereocenters. The number of carbonyl (C=O) groups excluding carboxylic acids is 1. The zero-order valence-electron chi connectivity index (χ0n) is 16.0. The molecule has 9 heteroatoms. The van der Waals surface area contributed by atoms with Crippen LogP contribution in [0.3, 0.4) is 0 Å². The Labute approximate surface area is 173 Å². The first-order valence-electron chi connectivity index (χ1n) is 8.67. The Balaban J connectivity index is 2.10. The summed E-state index contributed by atoms with van der Waals surface area (Å²) in [4.78, 5) is 12.2. The summed E-state index contributed by atoms with van der Waals surface area (Å²) < 4.78 is 50.3. The predicted octanol–water partition coefficient (Wildman–Crippen LogP) is 4.47. The van der Waals surface area contributed by atoms with E-state index >= 15 is 0 Å². The molecule has 29 heavy (non-hydrogen) atoms. The fraction of sp³-hybridized carbons (Fsp3) is 0.250. The van der Waals surface area contributed by atoms with Crippen molar-refractivity contribution in [1.82, 2.24) is 5.32 Å². The first kappa shape index (κ1) is 22.8. The highest BCUT2D eigenvalue weighted by Crippen LogP contribution is 2.28. The molecule has 156 valence electrons.